The second-order valence-electron chi connectivity index (χ2n) is 3.96. The predicted molar refractivity (Wildman–Crippen MR) is 63.4 cm³/mol. The first-order valence-corrected chi connectivity index (χ1v) is 5.71. The SMILES string of the molecule is COCCNC(=O)C(C)NC(=O)CCC(C)O. The van der Waals surface area contributed by atoms with Crippen molar-refractivity contribution in [2.24, 2.45) is 0 Å². The molecule has 0 aromatic heterocycles. The first-order valence-electron chi connectivity index (χ1n) is 5.71. The van der Waals surface area contributed by atoms with Crippen LogP contribution in [0.3, 0.4) is 0 Å². The van der Waals surface area contributed by atoms with Gasteiger partial charge in [0.15, 0.2) is 0 Å². The molecule has 0 bridgehead atoms. The lowest BCUT2D eigenvalue weighted by molar-refractivity contribution is -0.128. The van der Waals surface area contributed by atoms with E-state index in [-0.39, 0.29) is 18.2 Å². The number of hydrogen-bond donors (Lipinski definition) is 3. The maximum Gasteiger partial charge on any atom is 0.242 e. The van der Waals surface area contributed by atoms with Gasteiger partial charge in [0.05, 0.1) is 12.7 Å². The van der Waals surface area contributed by atoms with Gasteiger partial charge in [-0.2, -0.15) is 0 Å². The minimum Gasteiger partial charge on any atom is -0.393 e. The molecule has 0 aromatic carbocycles. The third-order valence-electron chi connectivity index (χ3n) is 2.17. The molecule has 100 valence electrons. The maximum absolute atomic E-state index is 11.5. The number of methoxy groups -OCH3 is 1. The summed E-state index contributed by atoms with van der Waals surface area (Å²) in [6.45, 7) is 4.09. The minimum absolute atomic E-state index is 0.216. The normalized spacial score (nSPS) is 13.9. The molecular weight excluding hydrogens is 224 g/mol. The Balaban J connectivity index is 3.78. The summed E-state index contributed by atoms with van der Waals surface area (Å²) in [5.74, 6) is -0.479. The van der Waals surface area contributed by atoms with Crippen molar-refractivity contribution in [3.8, 4) is 0 Å². The molecule has 0 aliphatic rings. The Morgan fingerprint density at radius 3 is 2.53 bits per heavy atom. The van der Waals surface area contributed by atoms with Crippen LogP contribution >= 0.6 is 0 Å². The van der Waals surface area contributed by atoms with Gasteiger partial charge < -0.3 is 20.5 Å². The first-order chi connectivity index (χ1) is 7.97. The Kier molecular flexibility index (Phi) is 8.35. The number of ether oxygens (including phenoxy) is 1. The van der Waals surface area contributed by atoms with Crippen molar-refractivity contribution in [1.29, 1.82) is 0 Å². The van der Waals surface area contributed by atoms with Crippen LogP contribution in [0.2, 0.25) is 0 Å². The zero-order chi connectivity index (χ0) is 13.3. The molecule has 0 spiro atoms. The third-order valence-corrected chi connectivity index (χ3v) is 2.17. The third kappa shape index (κ3) is 8.65. The van der Waals surface area contributed by atoms with Gasteiger partial charge in [0.2, 0.25) is 11.8 Å². The van der Waals surface area contributed by atoms with Crippen molar-refractivity contribution in [1.82, 2.24) is 10.6 Å². The van der Waals surface area contributed by atoms with E-state index < -0.39 is 12.1 Å². The van der Waals surface area contributed by atoms with Crippen LogP contribution in [0.15, 0.2) is 0 Å². The van der Waals surface area contributed by atoms with Crippen LogP contribution in [0.4, 0.5) is 0 Å². The highest BCUT2D eigenvalue weighted by Gasteiger charge is 2.14. The molecule has 0 saturated heterocycles. The molecule has 0 aromatic rings. The molecule has 0 aliphatic carbocycles. The van der Waals surface area contributed by atoms with Crippen molar-refractivity contribution < 1.29 is 19.4 Å². The van der Waals surface area contributed by atoms with E-state index in [2.05, 4.69) is 10.6 Å². The van der Waals surface area contributed by atoms with E-state index in [4.69, 9.17) is 9.84 Å². The molecule has 0 radical (unpaired) electrons. The summed E-state index contributed by atoms with van der Waals surface area (Å²) in [6.07, 6.45) is 0.101. The fourth-order valence-corrected chi connectivity index (χ4v) is 1.15. The summed E-state index contributed by atoms with van der Waals surface area (Å²) in [5.41, 5.74) is 0. The standard InChI is InChI=1S/C11H22N2O4/c1-8(14)4-5-10(15)13-9(2)11(16)12-6-7-17-3/h8-9,14H,4-7H2,1-3H3,(H,12,16)(H,13,15). The number of aliphatic hydroxyl groups excluding tert-OH is 1. The molecule has 0 fully saturated rings. The van der Waals surface area contributed by atoms with Gasteiger partial charge in [-0.1, -0.05) is 0 Å². The highest BCUT2D eigenvalue weighted by Crippen LogP contribution is 1.96. The number of carbonyl (C=O) groups is 2. The van der Waals surface area contributed by atoms with E-state index in [0.717, 1.165) is 0 Å². The quantitative estimate of drug-likeness (QED) is 0.500. The summed E-state index contributed by atoms with van der Waals surface area (Å²) in [5, 5.41) is 14.2. The van der Waals surface area contributed by atoms with Crippen LogP contribution in [0.25, 0.3) is 0 Å². The fraction of sp³-hybridized carbons (Fsp3) is 0.818. The minimum atomic E-state index is -0.576. The summed E-state index contributed by atoms with van der Waals surface area (Å²) >= 11 is 0. The molecule has 2 atom stereocenters. The van der Waals surface area contributed by atoms with Gasteiger partial charge >= 0.3 is 0 Å². The van der Waals surface area contributed by atoms with Gasteiger partial charge in [0, 0.05) is 20.1 Å². The molecule has 17 heavy (non-hydrogen) atoms. The molecule has 0 saturated carbocycles. The van der Waals surface area contributed by atoms with Gasteiger partial charge in [-0.3, -0.25) is 9.59 Å². The van der Waals surface area contributed by atoms with Crippen LogP contribution in [-0.2, 0) is 14.3 Å². The Morgan fingerprint density at radius 1 is 1.35 bits per heavy atom. The molecule has 3 N–H and O–H groups in total. The van der Waals surface area contributed by atoms with Crippen LogP contribution in [0, 0.1) is 0 Å². The number of amides is 2. The van der Waals surface area contributed by atoms with Gasteiger partial charge in [-0.05, 0) is 20.3 Å². The lowest BCUT2D eigenvalue weighted by Gasteiger charge is -2.14. The molecule has 0 aliphatic heterocycles. The van der Waals surface area contributed by atoms with Crippen LogP contribution in [0.5, 0.6) is 0 Å². The van der Waals surface area contributed by atoms with Crippen LogP contribution < -0.4 is 10.6 Å². The van der Waals surface area contributed by atoms with Crippen LogP contribution in [0.1, 0.15) is 26.7 Å². The van der Waals surface area contributed by atoms with Crippen molar-refractivity contribution in [2.45, 2.75) is 38.8 Å². The summed E-state index contributed by atoms with van der Waals surface area (Å²) in [4.78, 5) is 22.8. The van der Waals surface area contributed by atoms with Crippen LogP contribution in [-0.4, -0.2) is 49.3 Å². The zero-order valence-electron chi connectivity index (χ0n) is 10.7. The lowest BCUT2D eigenvalue weighted by atomic mass is 10.2. The highest BCUT2D eigenvalue weighted by atomic mass is 16.5. The molecular formula is C11H22N2O4. The van der Waals surface area contributed by atoms with E-state index >= 15 is 0 Å². The number of aliphatic hydroxyl groups is 1. The molecule has 6 heteroatoms. The van der Waals surface area contributed by atoms with Crippen molar-refractivity contribution >= 4 is 11.8 Å². The summed E-state index contributed by atoms with van der Waals surface area (Å²) < 4.78 is 4.79. The van der Waals surface area contributed by atoms with Gasteiger partial charge in [-0.15, -0.1) is 0 Å². The average Bonchev–Trinajstić information content (AvgIpc) is 2.26. The Bertz CT molecular complexity index is 244. The highest BCUT2D eigenvalue weighted by molar-refractivity contribution is 5.87. The fourth-order valence-electron chi connectivity index (χ4n) is 1.15. The van der Waals surface area contributed by atoms with Crippen molar-refractivity contribution in [3.63, 3.8) is 0 Å². The van der Waals surface area contributed by atoms with Crippen molar-refractivity contribution in [3.05, 3.63) is 0 Å². The Labute approximate surface area is 102 Å². The number of hydrogen-bond acceptors (Lipinski definition) is 4. The average molecular weight is 246 g/mol. The zero-order valence-corrected chi connectivity index (χ0v) is 10.7. The van der Waals surface area contributed by atoms with Gasteiger partial charge in [0.25, 0.3) is 0 Å². The van der Waals surface area contributed by atoms with Gasteiger partial charge in [0.1, 0.15) is 6.04 Å². The predicted octanol–water partition coefficient (Wildman–Crippen LogP) is -0.585. The molecule has 2 unspecified atom stereocenters. The van der Waals surface area contributed by atoms with E-state index in [1.165, 1.54) is 0 Å². The molecule has 2 amide bonds. The number of carbonyl (C=O) groups excluding carboxylic acids is 2. The smallest absolute Gasteiger partial charge is 0.242 e. The van der Waals surface area contributed by atoms with E-state index in [1.54, 1.807) is 21.0 Å². The second kappa shape index (κ2) is 8.95. The summed E-state index contributed by atoms with van der Waals surface area (Å²) in [7, 11) is 1.55. The van der Waals surface area contributed by atoms with Gasteiger partial charge in [-0.25, -0.2) is 0 Å². The van der Waals surface area contributed by atoms with E-state index in [9.17, 15) is 9.59 Å². The second-order valence-corrected chi connectivity index (χ2v) is 3.96. The maximum atomic E-state index is 11.5. The van der Waals surface area contributed by atoms with E-state index in [0.29, 0.717) is 19.6 Å². The van der Waals surface area contributed by atoms with E-state index in [1.807, 2.05) is 0 Å². The Hall–Kier alpha value is -1.14. The molecule has 0 rings (SSSR count). The van der Waals surface area contributed by atoms with Crippen molar-refractivity contribution in [2.75, 3.05) is 20.3 Å². The summed E-state index contributed by atoms with van der Waals surface area (Å²) in [6, 6.07) is -0.576. The monoisotopic (exact) mass is 246 g/mol. The largest absolute Gasteiger partial charge is 0.393 e. The topological polar surface area (TPSA) is 87.7 Å². The molecule has 0 heterocycles. The number of nitrogens with one attached hydrogen (secondary N) is 2. The lowest BCUT2D eigenvalue weighted by Crippen LogP contribution is -2.45. The molecule has 6 nitrogen and oxygen atoms in total. The first kappa shape index (κ1) is 15.9. The number of rotatable bonds is 8. The Morgan fingerprint density at radius 2 is 2.00 bits per heavy atom.